The minimum absolute atomic E-state index is 0.0258. The van der Waals surface area contributed by atoms with Gasteiger partial charge in [-0.2, -0.15) is 0 Å². The molecule has 1 heterocycles. The highest BCUT2D eigenvalue weighted by Gasteiger charge is 2.30. The van der Waals surface area contributed by atoms with Crippen LogP contribution in [0.5, 0.6) is 0 Å². The molecule has 0 aliphatic carbocycles. The van der Waals surface area contributed by atoms with Crippen molar-refractivity contribution in [3.63, 3.8) is 0 Å². The number of rotatable bonds is 4. The summed E-state index contributed by atoms with van der Waals surface area (Å²) in [5.74, 6) is 0. The summed E-state index contributed by atoms with van der Waals surface area (Å²) in [6.07, 6.45) is 1.50. The van der Waals surface area contributed by atoms with Crippen LogP contribution in [0.3, 0.4) is 0 Å². The molecule has 108 valence electrons. The molecule has 6 nitrogen and oxygen atoms in total. The summed E-state index contributed by atoms with van der Waals surface area (Å²) in [4.78, 5) is 23.6. The highest BCUT2D eigenvalue weighted by molar-refractivity contribution is 5.79. The topological polar surface area (TPSA) is 72.7 Å². The predicted molar refractivity (Wildman–Crippen MR) is 75.3 cm³/mol. The lowest BCUT2D eigenvalue weighted by atomic mass is 10.1. The Labute approximate surface area is 117 Å². The molecular weight excluding hydrogens is 260 g/mol. The van der Waals surface area contributed by atoms with Crippen LogP contribution < -0.4 is 4.90 Å². The first-order chi connectivity index (χ1) is 9.56. The van der Waals surface area contributed by atoms with Crippen LogP contribution in [0.2, 0.25) is 0 Å². The standard InChI is InChI=1S/C14H18N2O4/c1-3-12-9-20-10(2)7-15(12)13-5-4-11(8-17)6-14(13)16(18)19/h4-6,8,10,12H,3,7,9H2,1-2H3. The average Bonchev–Trinajstić information content (AvgIpc) is 2.46. The monoisotopic (exact) mass is 278 g/mol. The largest absolute Gasteiger partial charge is 0.375 e. The molecule has 1 aromatic carbocycles. The zero-order chi connectivity index (χ0) is 14.7. The van der Waals surface area contributed by atoms with Gasteiger partial charge in [-0.15, -0.1) is 0 Å². The minimum Gasteiger partial charge on any atom is -0.375 e. The second kappa shape index (κ2) is 6.00. The van der Waals surface area contributed by atoms with Crippen molar-refractivity contribution in [3.05, 3.63) is 33.9 Å². The Morgan fingerprint density at radius 2 is 2.30 bits per heavy atom. The second-order valence-electron chi connectivity index (χ2n) is 4.98. The zero-order valence-corrected chi connectivity index (χ0v) is 11.6. The number of hydrogen-bond donors (Lipinski definition) is 0. The maximum Gasteiger partial charge on any atom is 0.293 e. The van der Waals surface area contributed by atoms with Crippen LogP contribution in [0.25, 0.3) is 0 Å². The zero-order valence-electron chi connectivity index (χ0n) is 11.6. The number of carbonyl (C=O) groups is 1. The summed E-state index contributed by atoms with van der Waals surface area (Å²) in [5.41, 5.74) is 0.847. The highest BCUT2D eigenvalue weighted by Crippen LogP contribution is 2.32. The van der Waals surface area contributed by atoms with Crippen LogP contribution in [0.4, 0.5) is 11.4 Å². The number of benzene rings is 1. The lowest BCUT2D eigenvalue weighted by Gasteiger charge is -2.39. The second-order valence-corrected chi connectivity index (χ2v) is 4.98. The lowest BCUT2D eigenvalue weighted by molar-refractivity contribution is -0.384. The van der Waals surface area contributed by atoms with Gasteiger partial charge in [0, 0.05) is 18.2 Å². The smallest absolute Gasteiger partial charge is 0.293 e. The molecule has 2 atom stereocenters. The third kappa shape index (κ3) is 2.80. The SMILES string of the molecule is CCC1COC(C)CN1c1ccc(C=O)cc1[N+](=O)[O-]. The molecule has 0 saturated carbocycles. The number of morpholine rings is 1. The summed E-state index contributed by atoms with van der Waals surface area (Å²) < 4.78 is 5.61. The van der Waals surface area contributed by atoms with Crippen LogP contribution in [0.1, 0.15) is 30.6 Å². The lowest BCUT2D eigenvalue weighted by Crippen LogP contribution is -2.48. The summed E-state index contributed by atoms with van der Waals surface area (Å²) in [5, 5.41) is 11.2. The van der Waals surface area contributed by atoms with Crippen molar-refractivity contribution >= 4 is 17.7 Å². The van der Waals surface area contributed by atoms with E-state index in [2.05, 4.69) is 0 Å². The van der Waals surface area contributed by atoms with E-state index in [4.69, 9.17) is 4.74 Å². The average molecular weight is 278 g/mol. The molecule has 2 unspecified atom stereocenters. The van der Waals surface area contributed by atoms with Gasteiger partial charge in [0.2, 0.25) is 0 Å². The molecule has 1 saturated heterocycles. The fraction of sp³-hybridized carbons (Fsp3) is 0.500. The molecule has 0 radical (unpaired) electrons. The number of nitrogens with zero attached hydrogens (tertiary/aromatic N) is 2. The van der Waals surface area contributed by atoms with Crippen LogP contribution >= 0.6 is 0 Å². The minimum atomic E-state index is -0.435. The molecule has 20 heavy (non-hydrogen) atoms. The molecule has 0 spiro atoms. The van der Waals surface area contributed by atoms with Gasteiger partial charge in [0.05, 0.1) is 23.7 Å². The van der Waals surface area contributed by atoms with Crippen molar-refractivity contribution in [2.24, 2.45) is 0 Å². The van der Waals surface area contributed by atoms with E-state index in [0.29, 0.717) is 30.7 Å². The van der Waals surface area contributed by atoms with Gasteiger partial charge < -0.3 is 9.64 Å². The van der Waals surface area contributed by atoms with Crippen molar-refractivity contribution in [2.45, 2.75) is 32.4 Å². The Hall–Kier alpha value is -1.95. The Kier molecular flexibility index (Phi) is 4.34. The summed E-state index contributed by atoms with van der Waals surface area (Å²) >= 11 is 0. The summed E-state index contributed by atoms with van der Waals surface area (Å²) in [7, 11) is 0. The quantitative estimate of drug-likeness (QED) is 0.480. The van der Waals surface area contributed by atoms with Crippen molar-refractivity contribution < 1.29 is 14.5 Å². The first-order valence-corrected chi connectivity index (χ1v) is 6.68. The molecule has 1 aliphatic heterocycles. The van der Waals surface area contributed by atoms with Gasteiger partial charge in [-0.25, -0.2) is 0 Å². The fourth-order valence-corrected chi connectivity index (χ4v) is 2.48. The molecule has 1 fully saturated rings. The van der Waals surface area contributed by atoms with E-state index >= 15 is 0 Å². The molecule has 0 N–H and O–H groups in total. The van der Waals surface area contributed by atoms with E-state index in [1.165, 1.54) is 6.07 Å². The van der Waals surface area contributed by atoms with Gasteiger partial charge in [0.15, 0.2) is 0 Å². The first kappa shape index (κ1) is 14.5. The number of nitro benzene ring substituents is 1. The van der Waals surface area contributed by atoms with Crippen molar-refractivity contribution in [2.75, 3.05) is 18.1 Å². The Morgan fingerprint density at radius 1 is 1.55 bits per heavy atom. The Morgan fingerprint density at radius 3 is 2.90 bits per heavy atom. The van der Waals surface area contributed by atoms with E-state index in [1.54, 1.807) is 12.1 Å². The van der Waals surface area contributed by atoms with Gasteiger partial charge in [-0.05, 0) is 25.5 Å². The number of anilines is 1. The number of aldehydes is 1. The molecule has 1 aliphatic rings. The van der Waals surface area contributed by atoms with E-state index in [-0.39, 0.29) is 17.8 Å². The number of nitro groups is 1. The van der Waals surface area contributed by atoms with Crippen LogP contribution in [0, 0.1) is 10.1 Å². The fourth-order valence-electron chi connectivity index (χ4n) is 2.48. The van der Waals surface area contributed by atoms with Crippen molar-refractivity contribution in [1.29, 1.82) is 0 Å². The molecule has 6 heteroatoms. The maximum absolute atomic E-state index is 11.2. The normalized spacial score (nSPS) is 22.6. The van der Waals surface area contributed by atoms with E-state index in [9.17, 15) is 14.9 Å². The van der Waals surface area contributed by atoms with E-state index in [1.807, 2.05) is 18.7 Å². The van der Waals surface area contributed by atoms with Gasteiger partial charge in [-0.1, -0.05) is 6.92 Å². The van der Waals surface area contributed by atoms with Crippen molar-refractivity contribution in [3.8, 4) is 0 Å². The molecule has 0 aromatic heterocycles. The molecule has 2 rings (SSSR count). The first-order valence-electron chi connectivity index (χ1n) is 6.68. The predicted octanol–water partition coefficient (Wildman–Crippen LogP) is 2.41. The number of ether oxygens (including phenoxy) is 1. The Bertz CT molecular complexity index is 518. The number of hydrogen-bond acceptors (Lipinski definition) is 5. The molecular formula is C14H18N2O4. The van der Waals surface area contributed by atoms with Crippen molar-refractivity contribution in [1.82, 2.24) is 0 Å². The summed E-state index contributed by atoms with van der Waals surface area (Å²) in [6, 6.07) is 4.71. The van der Waals surface area contributed by atoms with Gasteiger partial charge in [0.25, 0.3) is 5.69 Å². The van der Waals surface area contributed by atoms with Crippen LogP contribution in [0.15, 0.2) is 18.2 Å². The number of carbonyl (C=O) groups excluding carboxylic acids is 1. The third-order valence-electron chi connectivity index (χ3n) is 3.58. The van der Waals surface area contributed by atoms with Crippen LogP contribution in [-0.2, 0) is 4.74 Å². The maximum atomic E-state index is 11.2. The Balaban J connectivity index is 2.43. The molecule has 1 aromatic rings. The molecule has 0 amide bonds. The van der Waals surface area contributed by atoms with Gasteiger partial charge >= 0.3 is 0 Å². The van der Waals surface area contributed by atoms with E-state index < -0.39 is 4.92 Å². The van der Waals surface area contributed by atoms with Gasteiger partial charge in [0.1, 0.15) is 12.0 Å². The van der Waals surface area contributed by atoms with E-state index in [0.717, 1.165) is 6.42 Å². The van der Waals surface area contributed by atoms with Crippen LogP contribution in [-0.4, -0.2) is 36.5 Å². The van der Waals surface area contributed by atoms with Gasteiger partial charge in [-0.3, -0.25) is 14.9 Å². The third-order valence-corrected chi connectivity index (χ3v) is 3.58. The molecule has 0 bridgehead atoms. The highest BCUT2D eigenvalue weighted by atomic mass is 16.6. The summed E-state index contributed by atoms with van der Waals surface area (Å²) in [6.45, 7) is 5.15.